The maximum atomic E-state index is 12.1. The summed E-state index contributed by atoms with van der Waals surface area (Å²) in [6.45, 7) is 2.33. The predicted molar refractivity (Wildman–Crippen MR) is 74.3 cm³/mol. The SMILES string of the molecule is CCCCOC(=O)CN(C)C(=O)c1ccccc1Cl. The van der Waals surface area contributed by atoms with Crippen molar-refractivity contribution in [1.29, 1.82) is 0 Å². The van der Waals surface area contributed by atoms with E-state index in [9.17, 15) is 9.59 Å². The van der Waals surface area contributed by atoms with Gasteiger partial charge in [0.25, 0.3) is 5.91 Å². The molecule has 19 heavy (non-hydrogen) atoms. The number of benzene rings is 1. The van der Waals surface area contributed by atoms with Crippen LogP contribution in [0, 0.1) is 0 Å². The molecule has 0 bridgehead atoms. The molecule has 104 valence electrons. The Kier molecular flexibility index (Phi) is 6.36. The quantitative estimate of drug-likeness (QED) is 0.596. The standard InChI is InChI=1S/C14H18ClNO3/c1-3-4-9-19-13(17)10-16(2)14(18)11-7-5-6-8-12(11)15/h5-8H,3-4,9-10H2,1-2H3. The summed E-state index contributed by atoms with van der Waals surface area (Å²) in [7, 11) is 1.55. The summed E-state index contributed by atoms with van der Waals surface area (Å²) in [5, 5.41) is 0.374. The highest BCUT2D eigenvalue weighted by Gasteiger charge is 2.17. The van der Waals surface area contributed by atoms with Gasteiger partial charge in [0.05, 0.1) is 17.2 Å². The van der Waals surface area contributed by atoms with Crippen LogP contribution in [0.25, 0.3) is 0 Å². The molecule has 0 spiro atoms. The van der Waals surface area contributed by atoms with Gasteiger partial charge in [-0.2, -0.15) is 0 Å². The molecule has 0 aliphatic carbocycles. The van der Waals surface area contributed by atoms with Crippen LogP contribution in [0.4, 0.5) is 0 Å². The Hall–Kier alpha value is -1.55. The summed E-state index contributed by atoms with van der Waals surface area (Å²) in [5.41, 5.74) is 0.382. The van der Waals surface area contributed by atoms with Crippen LogP contribution in [-0.2, 0) is 9.53 Å². The van der Waals surface area contributed by atoms with E-state index < -0.39 is 5.97 Å². The highest BCUT2D eigenvalue weighted by molar-refractivity contribution is 6.33. The van der Waals surface area contributed by atoms with E-state index >= 15 is 0 Å². The Morgan fingerprint density at radius 1 is 1.32 bits per heavy atom. The third-order valence-corrected chi connectivity index (χ3v) is 2.91. The third-order valence-electron chi connectivity index (χ3n) is 2.58. The minimum absolute atomic E-state index is 0.0756. The molecule has 4 nitrogen and oxygen atoms in total. The first-order valence-electron chi connectivity index (χ1n) is 6.22. The van der Waals surface area contributed by atoms with Crippen molar-refractivity contribution in [2.45, 2.75) is 19.8 Å². The van der Waals surface area contributed by atoms with Crippen molar-refractivity contribution >= 4 is 23.5 Å². The summed E-state index contributed by atoms with van der Waals surface area (Å²) in [4.78, 5) is 24.9. The number of esters is 1. The molecule has 0 saturated heterocycles. The maximum Gasteiger partial charge on any atom is 0.325 e. The first-order valence-corrected chi connectivity index (χ1v) is 6.59. The molecule has 0 aliphatic heterocycles. The molecular formula is C14H18ClNO3. The van der Waals surface area contributed by atoms with Gasteiger partial charge in [0.15, 0.2) is 0 Å². The van der Waals surface area contributed by atoms with Gasteiger partial charge < -0.3 is 9.64 Å². The van der Waals surface area contributed by atoms with Crippen molar-refractivity contribution < 1.29 is 14.3 Å². The van der Waals surface area contributed by atoms with E-state index in [0.717, 1.165) is 12.8 Å². The van der Waals surface area contributed by atoms with Gasteiger partial charge in [-0.3, -0.25) is 9.59 Å². The van der Waals surface area contributed by atoms with E-state index in [0.29, 0.717) is 17.2 Å². The summed E-state index contributed by atoms with van der Waals surface area (Å²) in [6.07, 6.45) is 1.79. The molecule has 0 radical (unpaired) electrons. The molecule has 1 amide bonds. The Morgan fingerprint density at radius 3 is 2.63 bits per heavy atom. The number of hydrogen-bond acceptors (Lipinski definition) is 3. The van der Waals surface area contributed by atoms with E-state index in [1.165, 1.54) is 4.90 Å². The molecule has 0 aromatic heterocycles. The second-order valence-corrected chi connectivity index (χ2v) is 4.62. The molecule has 5 heteroatoms. The van der Waals surface area contributed by atoms with Gasteiger partial charge in [-0.15, -0.1) is 0 Å². The number of rotatable bonds is 6. The molecule has 0 fully saturated rings. The second-order valence-electron chi connectivity index (χ2n) is 4.22. The number of nitrogens with zero attached hydrogens (tertiary/aromatic N) is 1. The lowest BCUT2D eigenvalue weighted by Gasteiger charge is -2.17. The smallest absolute Gasteiger partial charge is 0.325 e. The Bertz CT molecular complexity index is 448. The van der Waals surface area contributed by atoms with Gasteiger partial charge in [0, 0.05) is 7.05 Å². The third kappa shape index (κ3) is 4.91. The fourth-order valence-electron chi connectivity index (χ4n) is 1.48. The topological polar surface area (TPSA) is 46.6 Å². The van der Waals surface area contributed by atoms with Crippen molar-refractivity contribution in [3.05, 3.63) is 34.9 Å². The van der Waals surface area contributed by atoms with Crippen LogP contribution >= 0.6 is 11.6 Å². The summed E-state index contributed by atoms with van der Waals surface area (Å²) >= 11 is 5.94. The number of carbonyl (C=O) groups is 2. The largest absolute Gasteiger partial charge is 0.464 e. The van der Waals surface area contributed by atoms with Gasteiger partial charge in [0.1, 0.15) is 6.54 Å². The summed E-state index contributed by atoms with van der Waals surface area (Å²) in [6, 6.07) is 6.75. The fraction of sp³-hybridized carbons (Fsp3) is 0.429. The Morgan fingerprint density at radius 2 is 2.00 bits per heavy atom. The van der Waals surface area contributed by atoms with Crippen LogP contribution in [0.2, 0.25) is 5.02 Å². The van der Waals surface area contributed by atoms with Crippen LogP contribution in [-0.4, -0.2) is 37.0 Å². The van der Waals surface area contributed by atoms with Gasteiger partial charge in [0.2, 0.25) is 0 Å². The van der Waals surface area contributed by atoms with Crippen LogP contribution in [0.5, 0.6) is 0 Å². The van der Waals surface area contributed by atoms with Crippen molar-refractivity contribution in [1.82, 2.24) is 4.90 Å². The molecule has 1 aromatic rings. The van der Waals surface area contributed by atoms with Crippen molar-refractivity contribution in [3.8, 4) is 0 Å². The van der Waals surface area contributed by atoms with Crippen LogP contribution in [0.1, 0.15) is 30.1 Å². The lowest BCUT2D eigenvalue weighted by molar-refractivity contribution is -0.144. The zero-order chi connectivity index (χ0) is 14.3. The molecule has 0 atom stereocenters. The zero-order valence-electron chi connectivity index (χ0n) is 11.2. The highest BCUT2D eigenvalue weighted by atomic mass is 35.5. The number of halogens is 1. The van der Waals surface area contributed by atoms with Gasteiger partial charge in [-0.25, -0.2) is 0 Å². The summed E-state index contributed by atoms with van der Waals surface area (Å²) in [5.74, 6) is -0.700. The van der Waals surface area contributed by atoms with E-state index in [1.54, 1.807) is 31.3 Å². The van der Waals surface area contributed by atoms with Gasteiger partial charge in [-0.1, -0.05) is 37.1 Å². The molecule has 0 saturated carbocycles. The van der Waals surface area contributed by atoms with Crippen molar-refractivity contribution in [3.63, 3.8) is 0 Å². The normalized spacial score (nSPS) is 10.1. The van der Waals surface area contributed by atoms with E-state index in [-0.39, 0.29) is 12.5 Å². The van der Waals surface area contributed by atoms with E-state index in [1.807, 2.05) is 6.92 Å². The molecule has 1 rings (SSSR count). The Labute approximate surface area is 118 Å². The van der Waals surface area contributed by atoms with Crippen LogP contribution in [0.15, 0.2) is 24.3 Å². The fourth-order valence-corrected chi connectivity index (χ4v) is 1.70. The monoisotopic (exact) mass is 283 g/mol. The molecule has 0 heterocycles. The van der Waals surface area contributed by atoms with E-state index in [2.05, 4.69) is 0 Å². The molecule has 1 aromatic carbocycles. The lowest BCUT2D eigenvalue weighted by Crippen LogP contribution is -2.33. The van der Waals surface area contributed by atoms with Crippen molar-refractivity contribution in [2.75, 3.05) is 20.2 Å². The number of hydrogen-bond donors (Lipinski definition) is 0. The number of likely N-dealkylation sites (N-methyl/N-ethyl adjacent to an activating group) is 1. The average molecular weight is 284 g/mol. The predicted octanol–water partition coefficient (Wildman–Crippen LogP) is 2.76. The van der Waals surface area contributed by atoms with Crippen LogP contribution < -0.4 is 0 Å². The molecule has 0 N–H and O–H groups in total. The van der Waals surface area contributed by atoms with Crippen LogP contribution in [0.3, 0.4) is 0 Å². The highest BCUT2D eigenvalue weighted by Crippen LogP contribution is 2.16. The second kappa shape index (κ2) is 7.79. The molecular weight excluding hydrogens is 266 g/mol. The zero-order valence-corrected chi connectivity index (χ0v) is 11.9. The van der Waals surface area contributed by atoms with Gasteiger partial charge in [-0.05, 0) is 18.6 Å². The number of carbonyl (C=O) groups excluding carboxylic acids is 2. The number of amides is 1. The number of ether oxygens (including phenoxy) is 1. The first kappa shape index (κ1) is 15.5. The van der Waals surface area contributed by atoms with E-state index in [4.69, 9.17) is 16.3 Å². The van der Waals surface area contributed by atoms with Crippen molar-refractivity contribution in [2.24, 2.45) is 0 Å². The Balaban J connectivity index is 2.54. The molecule has 0 aliphatic rings. The minimum atomic E-state index is -0.406. The maximum absolute atomic E-state index is 12.1. The first-order chi connectivity index (χ1) is 9.06. The summed E-state index contributed by atoms with van der Waals surface area (Å²) < 4.78 is 5.00. The lowest BCUT2D eigenvalue weighted by atomic mass is 10.2. The minimum Gasteiger partial charge on any atom is -0.464 e. The van der Waals surface area contributed by atoms with Gasteiger partial charge >= 0.3 is 5.97 Å². The molecule has 0 unspecified atom stereocenters. The average Bonchev–Trinajstić information content (AvgIpc) is 2.38. The number of unbranched alkanes of at least 4 members (excludes halogenated alkanes) is 1.